The van der Waals surface area contributed by atoms with Crippen LogP contribution in [0.2, 0.25) is 0 Å². The number of benzene rings is 1. The van der Waals surface area contributed by atoms with Gasteiger partial charge in [0, 0.05) is 0 Å². The van der Waals surface area contributed by atoms with Crippen LogP contribution < -0.4 is 20.7 Å². The number of para-hydroxylation sites is 1. The van der Waals surface area contributed by atoms with Gasteiger partial charge in [-0.05, 0) is 44.5 Å². The molecule has 0 aliphatic heterocycles. The van der Waals surface area contributed by atoms with Crippen molar-refractivity contribution >= 4 is 11.9 Å². The minimum absolute atomic E-state index is 0.215. The van der Waals surface area contributed by atoms with Gasteiger partial charge in [-0.15, -0.1) is 0 Å². The molecule has 3 amide bonds. The highest BCUT2D eigenvalue weighted by molar-refractivity contribution is 5.86. The highest BCUT2D eigenvalue weighted by atomic mass is 16.5. The van der Waals surface area contributed by atoms with Gasteiger partial charge in [-0.2, -0.15) is 0 Å². The Morgan fingerprint density at radius 3 is 2.58 bits per heavy atom. The lowest BCUT2D eigenvalue weighted by atomic mass is 10.2. The van der Waals surface area contributed by atoms with Crippen LogP contribution in [0.5, 0.6) is 5.75 Å². The Balaban J connectivity index is 1.69. The van der Waals surface area contributed by atoms with Crippen LogP contribution in [0.3, 0.4) is 0 Å². The van der Waals surface area contributed by atoms with Crippen molar-refractivity contribution in [2.75, 3.05) is 6.61 Å². The standard InChI is InChI=1S/C19H25N3O4/c1-13-7-4-5-9-17(13)26-12-14(2)21-19(24)22-15(3)18(23)20-11-16-8-6-10-25-16/h4-10,14-15H,11-12H2,1-3H3,(H,20,23)(H2,21,22,24)/t14-,15+/m1/s1. The van der Waals surface area contributed by atoms with Crippen LogP contribution in [0.15, 0.2) is 47.1 Å². The van der Waals surface area contributed by atoms with Crippen LogP contribution in [0.4, 0.5) is 4.79 Å². The normalized spacial score (nSPS) is 12.7. The Kier molecular flexibility index (Phi) is 7.08. The third-order valence-corrected chi connectivity index (χ3v) is 3.72. The summed E-state index contributed by atoms with van der Waals surface area (Å²) in [6.45, 7) is 6.02. The van der Waals surface area contributed by atoms with E-state index in [4.69, 9.17) is 9.15 Å². The fourth-order valence-electron chi connectivity index (χ4n) is 2.24. The third kappa shape index (κ3) is 6.16. The van der Waals surface area contributed by atoms with Gasteiger partial charge in [0.15, 0.2) is 0 Å². The van der Waals surface area contributed by atoms with Crippen molar-refractivity contribution in [2.24, 2.45) is 0 Å². The molecule has 140 valence electrons. The highest BCUT2D eigenvalue weighted by Crippen LogP contribution is 2.16. The molecule has 0 aliphatic rings. The average Bonchev–Trinajstić information content (AvgIpc) is 3.12. The quantitative estimate of drug-likeness (QED) is 0.675. The van der Waals surface area contributed by atoms with Crippen molar-refractivity contribution in [1.29, 1.82) is 0 Å². The highest BCUT2D eigenvalue weighted by Gasteiger charge is 2.17. The second kappa shape index (κ2) is 9.50. The lowest BCUT2D eigenvalue weighted by Gasteiger charge is -2.18. The molecule has 26 heavy (non-hydrogen) atoms. The molecule has 0 radical (unpaired) electrons. The topological polar surface area (TPSA) is 92.6 Å². The molecule has 0 bridgehead atoms. The molecule has 0 saturated heterocycles. The first-order valence-corrected chi connectivity index (χ1v) is 8.51. The number of carbonyl (C=O) groups is 2. The van der Waals surface area contributed by atoms with Crippen LogP contribution in [0, 0.1) is 6.92 Å². The van der Waals surface area contributed by atoms with Gasteiger partial charge in [0.05, 0.1) is 18.8 Å². The number of carbonyl (C=O) groups excluding carboxylic acids is 2. The molecule has 1 aromatic carbocycles. The summed E-state index contributed by atoms with van der Waals surface area (Å²) >= 11 is 0. The maximum absolute atomic E-state index is 12.0. The summed E-state index contributed by atoms with van der Waals surface area (Å²) in [5.74, 6) is 1.14. The Hall–Kier alpha value is -2.96. The van der Waals surface area contributed by atoms with Gasteiger partial charge < -0.3 is 25.1 Å². The molecule has 1 heterocycles. The Labute approximate surface area is 153 Å². The van der Waals surface area contributed by atoms with Crippen LogP contribution >= 0.6 is 0 Å². The zero-order valence-corrected chi connectivity index (χ0v) is 15.2. The van der Waals surface area contributed by atoms with Gasteiger partial charge in [-0.1, -0.05) is 18.2 Å². The molecule has 3 N–H and O–H groups in total. The van der Waals surface area contributed by atoms with E-state index in [1.165, 1.54) is 6.26 Å². The third-order valence-electron chi connectivity index (χ3n) is 3.72. The molecular weight excluding hydrogens is 334 g/mol. The van der Waals surface area contributed by atoms with Crippen molar-refractivity contribution < 1.29 is 18.7 Å². The van der Waals surface area contributed by atoms with Gasteiger partial charge in [-0.25, -0.2) is 4.79 Å². The van der Waals surface area contributed by atoms with E-state index in [2.05, 4.69) is 16.0 Å². The molecule has 0 aliphatic carbocycles. The Bertz CT molecular complexity index is 715. The molecule has 7 heteroatoms. The minimum Gasteiger partial charge on any atom is -0.491 e. The molecule has 7 nitrogen and oxygen atoms in total. The molecule has 0 saturated carbocycles. The number of aryl methyl sites for hydroxylation is 1. The van der Waals surface area contributed by atoms with Gasteiger partial charge in [-0.3, -0.25) is 4.79 Å². The van der Waals surface area contributed by atoms with E-state index in [-0.39, 0.29) is 18.5 Å². The van der Waals surface area contributed by atoms with Crippen molar-refractivity contribution in [2.45, 2.75) is 39.4 Å². The first-order chi connectivity index (χ1) is 12.5. The largest absolute Gasteiger partial charge is 0.491 e. The number of urea groups is 1. The summed E-state index contributed by atoms with van der Waals surface area (Å²) in [5, 5.41) is 8.05. The van der Waals surface area contributed by atoms with Crippen LogP contribution in [-0.2, 0) is 11.3 Å². The number of hydrogen-bond acceptors (Lipinski definition) is 4. The van der Waals surface area contributed by atoms with Gasteiger partial charge >= 0.3 is 6.03 Å². The lowest BCUT2D eigenvalue weighted by Crippen LogP contribution is -2.51. The molecule has 0 unspecified atom stereocenters. The summed E-state index contributed by atoms with van der Waals surface area (Å²) < 4.78 is 10.8. The van der Waals surface area contributed by atoms with Gasteiger partial charge in [0.2, 0.25) is 5.91 Å². The van der Waals surface area contributed by atoms with Crippen LogP contribution in [0.25, 0.3) is 0 Å². The maximum atomic E-state index is 12.0. The summed E-state index contributed by atoms with van der Waals surface area (Å²) in [4.78, 5) is 24.0. The van der Waals surface area contributed by atoms with E-state index in [1.54, 1.807) is 19.1 Å². The predicted octanol–water partition coefficient (Wildman–Crippen LogP) is 2.36. The molecule has 2 aromatic rings. The SMILES string of the molecule is Cc1ccccc1OC[C@@H](C)NC(=O)N[C@@H](C)C(=O)NCc1ccco1. The second-order valence-electron chi connectivity index (χ2n) is 6.11. The number of amides is 3. The molecule has 0 spiro atoms. The van der Waals surface area contributed by atoms with E-state index in [1.807, 2.05) is 38.1 Å². The summed E-state index contributed by atoms with van der Waals surface area (Å²) in [5.41, 5.74) is 1.03. The van der Waals surface area contributed by atoms with Crippen molar-refractivity contribution in [1.82, 2.24) is 16.0 Å². The fraction of sp³-hybridized carbons (Fsp3) is 0.368. The zero-order valence-electron chi connectivity index (χ0n) is 15.2. The second-order valence-corrected chi connectivity index (χ2v) is 6.11. The van der Waals surface area contributed by atoms with E-state index in [0.717, 1.165) is 11.3 Å². The molecule has 2 rings (SSSR count). The molecule has 2 atom stereocenters. The van der Waals surface area contributed by atoms with Crippen molar-refractivity contribution in [3.8, 4) is 5.75 Å². The number of hydrogen-bond donors (Lipinski definition) is 3. The minimum atomic E-state index is -0.672. The van der Waals surface area contributed by atoms with E-state index in [9.17, 15) is 9.59 Å². The maximum Gasteiger partial charge on any atom is 0.315 e. The monoisotopic (exact) mass is 359 g/mol. The predicted molar refractivity (Wildman–Crippen MR) is 97.8 cm³/mol. The molecule has 0 fully saturated rings. The first kappa shape index (κ1) is 19.4. The number of ether oxygens (including phenoxy) is 1. The van der Waals surface area contributed by atoms with E-state index < -0.39 is 12.1 Å². The van der Waals surface area contributed by atoms with Crippen molar-refractivity contribution in [3.63, 3.8) is 0 Å². The molecule has 1 aromatic heterocycles. The summed E-state index contributed by atoms with van der Waals surface area (Å²) in [6.07, 6.45) is 1.54. The van der Waals surface area contributed by atoms with E-state index in [0.29, 0.717) is 12.4 Å². The molecular formula is C19H25N3O4. The Morgan fingerprint density at radius 1 is 1.12 bits per heavy atom. The van der Waals surface area contributed by atoms with Crippen molar-refractivity contribution in [3.05, 3.63) is 54.0 Å². The van der Waals surface area contributed by atoms with Crippen LogP contribution in [0.1, 0.15) is 25.2 Å². The fourth-order valence-corrected chi connectivity index (χ4v) is 2.24. The smallest absolute Gasteiger partial charge is 0.315 e. The Morgan fingerprint density at radius 2 is 1.88 bits per heavy atom. The first-order valence-electron chi connectivity index (χ1n) is 8.51. The number of rotatable bonds is 8. The summed E-state index contributed by atoms with van der Waals surface area (Å²) in [6, 6.07) is 9.88. The lowest BCUT2D eigenvalue weighted by molar-refractivity contribution is -0.122. The zero-order chi connectivity index (χ0) is 18.9. The van der Waals surface area contributed by atoms with E-state index >= 15 is 0 Å². The number of nitrogens with one attached hydrogen (secondary N) is 3. The average molecular weight is 359 g/mol. The summed E-state index contributed by atoms with van der Waals surface area (Å²) in [7, 11) is 0. The van der Waals surface area contributed by atoms with Gasteiger partial charge in [0.1, 0.15) is 24.2 Å². The van der Waals surface area contributed by atoms with Gasteiger partial charge in [0.25, 0.3) is 0 Å². The van der Waals surface area contributed by atoms with Crippen LogP contribution in [-0.4, -0.2) is 30.6 Å². The number of furan rings is 1.